The molecule has 6 heteroatoms. The lowest BCUT2D eigenvalue weighted by molar-refractivity contribution is -0.104. The highest BCUT2D eigenvalue weighted by Crippen LogP contribution is 2.21. The number of hydrogen-bond donors (Lipinski definition) is 2. The summed E-state index contributed by atoms with van der Waals surface area (Å²) in [5.41, 5.74) is 10.6. The summed E-state index contributed by atoms with van der Waals surface area (Å²) in [6, 6.07) is 0. The summed E-state index contributed by atoms with van der Waals surface area (Å²) in [4.78, 5) is 0. The summed E-state index contributed by atoms with van der Waals surface area (Å²) < 4.78 is 22.7. The van der Waals surface area contributed by atoms with Crippen LogP contribution in [0.25, 0.3) is 0 Å². The maximum atomic E-state index is 5.72. The van der Waals surface area contributed by atoms with E-state index in [-0.39, 0.29) is 64.8 Å². The summed E-state index contributed by atoms with van der Waals surface area (Å²) in [7, 11) is 0. The van der Waals surface area contributed by atoms with Crippen LogP contribution in [0.15, 0.2) is 0 Å². The Labute approximate surface area is 193 Å². The van der Waals surface area contributed by atoms with Gasteiger partial charge in [0, 0.05) is 26.1 Å². The van der Waals surface area contributed by atoms with Crippen LogP contribution in [0.4, 0.5) is 0 Å². The van der Waals surface area contributed by atoms with Crippen LogP contribution >= 0.6 is 0 Å². The normalized spacial score (nSPS) is 8.47. The molecule has 0 saturated carbocycles. The third-order valence-corrected chi connectivity index (χ3v) is 2.90. The maximum absolute atomic E-state index is 5.72. The molecule has 0 atom stereocenters. The minimum absolute atomic E-state index is 0. The summed E-state index contributed by atoms with van der Waals surface area (Å²) in [6.45, 7) is 7.14. The van der Waals surface area contributed by atoms with Crippen LogP contribution in [0.3, 0.4) is 0 Å². The van der Waals surface area contributed by atoms with Crippen LogP contribution in [0, 0.1) is 17.8 Å². The first kappa shape index (κ1) is 57.0. The fourth-order valence-electron chi connectivity index (χ4n) is 1.85. The number of terminal acetylenes is 1. The zero-order valence-electron chi connectivity index (χ0n) is 13.9. The predicted octanol–water partition coefficient (Wildman–Crippen LogP) is 5.48. The predicted molar refractivity (Wildman–Crippen MR) is 141 cm³/mol. The molecule has 30 heavy (non-hydrogen) atoms. The van der Waals surface area contributed by atoms with Crippen molar-refractivity contribution in [1.82, 2.24) is 0 Å². The van der Waals surface area contributed by atoms with Gasteiger partial charge in [-0.2, -0.15) is 0 Å². The highest BCUT2D eigenvalue weighted by atomic mass is 16.5. The molecule has 0 saturated heterocycles. The Morgan fingerprint density at radius 2 is 0.967 bits per heavy atom. The zero-order chi connectivity index (χ0) is 16.5. The van der Waals surface area contributed by atoms with Gasteiger partial charge in [0.25, 0.3) is 0 Å². The van der Waals surface area contributed by atoms with Gasteiger partial charge >= 0.3 is 0 Å². The second-order valence-electron chi connectivity index (χ2n) is 5.24. The van der Waals surface area contributed by atoms with Gasteiger partial charge in [0.2, 0.25) is 0 Å². The number of ether oxygens (including phenoxy) is 4. The van der Waals surface area contributed by atoms with Crippen LogP contribution in [-0.4, -0.2) is 65.9 Å². The van der Waals surface area contributed by atoms with Gasteiger partial charge < -0.3 is 30.4 Å². The summed E-state index contributed by atoms with van der Waals surface area (Å²) in [5, 5.41) is 0. The Kier molecular flexibility index (Phi) is 80.5. The topological polar surface area (TPSA) is 89.0 Å². The van der Waals surface area contributed by atoms with Crippen LogP contribution in [-0.2, 0) is 18.9 Å². The van der Waals surface area contributed by atoms with Crippen molar-refractivity contribution in [3.63, 3.8) is 0 Å². The van der Waals surface area contributed by atoms with E-state index >= 15 is 0 Å². The van der Waals surface area contributed by atoms with Gasteiger partial charge in [-0.1, -0.05) is 66.3 Å². The van der Waals surface area contributed by atoms with Crippen LogP contribution in [0.1, 0.15) is 79.2 Å². The van der Waals surface area contributed by atoms with Crippen molar-refractivity contribution in [2.75, 3.05) is 65.9 Å². The Hall–Kier alpha value is -0.680. The third kappa shape index (κ3) is 32.0. The molecule has 0 aromatic heterocycles. The molecule has 0 rings (SSSR count). The highest BCUT2D eigenvalue weighted by Gasteiger charge is 2.32. The van der Waals surface area contributed by atoms with Crippen molar-refractivity contribution in [2.24, 2.45) is 16.9 Å². The summed E-state index contributed by atoms with van der Waals surface area (Å²) in [5.74, 6) is 2.56. The molecule has 4 N–H and O–H groups in total. The lowest BCUT2D eigenvalue weighted by atomic mass is 9.92. The van der Waals surface area contributed by atoms with E-state index in [1.165, 1.54) is 0 Å². The lowest BCUT2D eigenvalue weighted by Gasteiger charge is -2.33. The van der Waals surface area contributed by atoms with Crippen molar-refractivity contribution >= 4 is 0 Å². The maximum Gasteiger partial charge on any atom is 0.0637 e. The van der Waals surface area contributed by atoms with Gasteiger partial charge in [-0.15, -0.1) is 12.3 Å². The van der Waals surface area contributed by atoms with E-state index < -0.39 is 0 Å². The number of hydrogen-bond acceptors (Lipinski definition) is 6. The minimum atomic E-state index is -0.367. The molecule has 6 nitrogen and oxygen atoms in total. The Morgan fingerprint density at radius 3 is 1.27 bits per heavy atom. The molecular formula is C24H64N2O4. The van der Waals surface area contributed by atoms with E-state index in [4.69, 9.17) is 36.8 Å². The average molecular weight is 445 g/mol. The van der Waals surface area contributed by atoms with Gasteiger partial charge in [-0.3, -0.25) is 0 Å². The van der Waals surface area contributed by atoms with Crippen LogP contribution in [0.2, 0.25) is 0 Å². The minimum Gasteiger partial charge on any atom is -0.381 e. The standard InChI is InChI=1S/C16H32N2O4.8CH4/c1-3-5-9-20-13-16(12-19-8-4-2,14-21-10-6-17)15-22-11-7-18;;;;;;;;/h1H,4-15,17-18H2,2H3;8*1H4. The van der Waals surface area contributed by atoms with Crippen molar-refractivity contribution in [3.8, 4) is 12.3 Å². The Morgan fingerprint density at radius 1 is 0.633 bits per heavy atom. The van der Waals surface area contributed by atoms with Gasteiger partial charge in [-0.25, -0.2) is 0 Å². The van der Waals surface area contributed by atoms with Crippen LogP contribution in [0.5, 0.6) is 0 Å². The molecule has 194 valence electrons. The van der Waals surface area contributed by atoms with E-state index in [2.05, 4.69) is 12.8 Å². The smallest absolute Gasteiger partial charge is 0.0637 e. The molecule has 0 heterocycles. The molecule has 0 unspecified atom stereocenters. The van der Waals surface area contributed by atoms with Gasteiger partial charge in [0.05, 0.1) is 51.7 Å². The molecule has 0 radical (unpaired) electrons. The van der Waals surface area contributed by atoms with Crippen molar-refractivity contribution in [3.05, 3.63) is 0 Å². The van der Waals surface area contributed by atoms with Crippen molar-refractivity contribution in [2.45, 2.75) is 79.2 Å². The average Bonchev–Trinajstić information content (AvgIpc) is 2.52. The van der Waals surface area contributed by atoms with E-state index in [9.17, 15) is 0 Å². The zero-order valence-corrected chi connectivity index (χ0v) is 13.9. The van der Waals surface area contributed by atoms with Gasteiger partial charge in [0.1, 0.15) is 0 Å². The second kappa shape index (κ2) is 42.4. The summed E-state index contributed by atoms with van der Waals surface area (Å²) >= 11 is 0. The largest absolute Gasteiger partial charge is 0.381 e. The van der Waals surface area contributed by atoms with Gasteiger partial charge in [0.15, 0.2) is 0 Å². The first-order valence-electron chi connectivity index (χ1n) is 7.89. The van der Waals surface area contributed by atoms with E-state index in [1.54, 1.807) is 0 Å². The fraction of sp³-hybridized carbons (Fsp3) is 0.917. The SMILES string of the molecule is C.C.C.C.C.C.C.C.C#CCCOCC(COCCC)(COCCN)COCCN. The first-order chi connectivity index (χ1) is 10.7. The molecule has 0 amide bonds. The fourth-order valence-corrected chi connectivity index (χ4v) is 1.85. The highest BCUT2D eigenvalue weighted by molar-refractivity contribution is 4.84. The quantitative estimate of drug-likeness (QED) is 0.242. The Balaban J connectivity index is -0.0000000787. The molecule has 0 spiro atoms. The lowest BCUT2D eigenvalue weighted by Crippen LogP contribution is -2.42. The first-order valence-corrected chi connectivity index (χ1v) is 7.89. The number of nitrogens with two attached hydrogens (primary N) is 2. The molecule has 0 aliphatic heterocycles. The molecule has 0 aromatic rings. The van der Waals surface area contributed by atoms with E-state index in [0.717, 1.165) is 6.42 Å². The molecule has 0 aliphatic rings. The summed E-state index contributed by atoms with van der Waals surface area (Å²) in [6.07, 6.45) is 6.78. The van der Waals surface area contributed by atoms with Gasteiger partial charge in [-0.05, 0) is 6.42 Å². The molecular weight excluding hydrogens is 380 g/mol. The second-order valence-corrected chi connectivity index (χ2v) is 5.24. The van der Waals surface area contributed by atoms with Crippen molar-refractivity contribution in [1.29, 1.82) is 0 Å². The molecule has 0 aromatic carbocycles. The van der Waals surface area contributed by atoms with E-state index in [1.807, 2.05) is 0 Å². The van der Waals surface area contributed by atoms with Crippen molar-refractivity contribution < 1.29 is 18.9 Å². The number of rotatable bonds is 16. The van der Waals surface area contributed by atoms with E-state index in [0.29, 0.717) is 72.4 Å². The monoisotopic (exact) mass is 444 g/mol. The third-order valence-electron chi connectivity index (χ3n) is 2.90. The molecule has 0 fully saturated rings. The van der Waals surface area contributed by atoms with Crippen LogP contribution < -0.4 is 11.5 Å². The Bertz CT molecular complexity index is 258. The molecule has 0 bridgehead atoms. The molecule has 0 aliphatic carbocycles.